The van der Waals surface area contributed by atoms with Crippen LogP contribution >= 0.6 is 11.6 Å². The van der Waals surface area contributed by atoms with Gasteiger partial charge < -0.3 is 25.4 Å². The number of esters is 1. The molecule has 0 spiro atoms. The Morgan fingerprint density at radius 3 is 2.63 bits per heavy atom. The molecule has 0 atom stereocenters. The minimum absolute atomic E-state index is 0.00325. The van der Waals surface area contributed by atoms with Crippen LogP contribution in [0.25, 0.3) is 11.0 Å². The largest absolute Gasteiger partial charge is 0.495 e. The van der Waals surface area contributed by atoms with Crippen molar-refractivity contribution in [1.82, 2.24) is 25.3 Å². The number of hydrogen-bond donors (Lipinski definition) is 3. The van der Waals surface area contributed by atoms with Gasteiger partial charge >= 0.3 is 5.97 Å². The molecule has 11 heteroatoms. The standard InChI is InChI=1S/C27H28ClN7O3/c1-37-23-13-17(16-7-9-29-10-8-16)3-4-21(23)34-27-32-15-19(28)26(35-27)33-20-5-6-22-25(31-12-11-30-22)18(20)14-24(36)38-2/h3-6,11-13,15-16,29H,7-10,14H2,1-2H3,(H2,32,33,34,35). The number of hydrogen-bond acceptors (Lipinski definition) is 10. The predicted molar refractivity (Wildman–Crippen MR) is 147 cm³/mol. The van der Waals surface area contributed by atoms with Crippen molar-refractivity contribution in [3.05, 3.63) is 65.1 Å². The molecule has 10 nitrogen and oxygen atoms in total. The van der Waals surface area contributed by atoms with Gasteiger partial charge in [-0.25, -0.2) is 4.98 Å². The first kappa shape index (κ1) is 25.6. The number of fused-ring (bicyclic) bond motifs is 1. The van der Waals surface area contributed by atoms with Crippen LogP contribution < -0.4 is 20.7 Å². The van der Waals surface area contributed by atoms with Crippen LogP contribution in [0.2, 0.25) is 5.02 Å². The van der Waals surface area contributed by atoms with Crippen molar-refractivity contribution < 1.29 is 14.3 Å². The van der Waals surface area contributed by atoms with Gasteiger partial charge in [0.15, 0.2) is 5.82 Å². The van der Waals surface area contributed by atoms with Crippen molar-refractivity contribution in [3.63, 3.8) is 0 Å². The van der Waals surface area contributed by atoms with Gasteiger partial charge in [-0.05, 0) is 61.7 Å². The number of aromatic nitrogens is 4. The molecule has 0 unspecified atom stereocenters. The Kier molecular flexibility index (Phi) is 7.81. The number of nitrogens with zero attached hydrogens (tertiary/aromatic N) is 4. The van der Waals surface area contributed by atoms with E-state index in [0.717, 1.165) is 31.6 Å². The highest BCUT2D eigenvalue weighted by atomic mass is 35.5. The molecule has 1 aliphatic heterocycles. The average molecular weight is 534 g/mol. The lowest BCUT2D eigenvalue weighted by atomic mass is 9.90. The summed E-state index contributed by atoms with van der Waals surface area (Å²) in [5, 5.41) is 10.2. The fraction of sp³-hybridized carbons (Fsp3) is 0.296. The van der Waals surface area contributed by atoms with Crippen molar-refractivity contribution in [1.29, 1.82) is 0 Å². The van der Waals surface area contributed by atoms with Gasteiger partial charge in [0.1, 0.15) is 10.8 Å². The fourth-order valence-corrected chi connectivity index (χ4v) is 4.73. The van der Waals surface area contributed by atoms with Crippen LogP contribution in [-0.4, -0.2) is 53.2 Å². The normalized spacial score (nSPS) is 13.8. The molecule has 2 aromatic carbocycles. The summed E-state index contributed by atoms with van der Waals surface area (Å²) in [6.07, 6.45) is 6.90. The molecule has 3 N–H and O–H groups in total. The van der Waals surface area contributed by atoms with E-state index >= 15 is 0 Å². The minimum atomic E-state index is -0.401. The summed E-state index contributed by atoms with van der Waals surface area (Å²) < 4.78 is 10.6. The Morgan fingerprint density at radius 1 is 1.05 bits per heavy atom. The topological polar surface area (TPSA) is 123 Å². The molecule has 0 aliphatic carbocycles. The van der Waals surface area contributed by atoms with Gasteiger partial charge in [-0.15, -0.1) is 0 Å². The summed E-state index contributed by atoms with van der Waals surface area (Å²) >= 11 is 6.45. The molecular formula is C27H28ClN7O3. The van der Waals surface area contributed by atoms with Crippen molar-refractivity contribution in [2.45, 2.75) is 25.2 Å². The molecule has 1 aliphatic rings. The van der Waals surface area contributed by atoms with E-state index in [0.29, 0.717) is 50.7 Å². The van der Waals surface area contributed by atoms with Gasteiger partial charge in [-0.1, -0.05) is 17.7 Å². The zero-order valence-corrected chi connectivity index (χ0v) is 21.9. The van der Waals surface area contributed by atoms with Gasteiger partial charge in [0, 0.05) is 23.6 Å². The highest BCUT2D eigenvalue weighted by molar-refractivity contribution is 6.33. The summed E-state index contributed by atoms with van der Waals surface area (Å²) in [5.41, 5.74) is 4.48. The molecule has 0 radical (unpaired) electrons. The van der Waals surface area contributed by atoms with E-state index in [4.69, 9.17) is 21.1 Å². The number of ether oxygens (including phenoxy) is 2. The monoisotopic (exact) mass is 533 g/mol. The second-order valence-electron chi connectivity index (χ2n) is 8.89. The van der Waals surface area contributed by atoms with Crippen molar-refractivity contribution in [2.75, 3.05) is 37.9 Å². The third-order valence-electron chi connectivity index (χ3n) is 6.57. The van der Waals surface area contributed by atoms with E-state index in [1.165, 1.54) is 18.9 Å². The Hall–Kier alpha value is -4.02. The number of carbonyl (C=O) groups excluding carboxylic acids is 1. The molecule has 196 valence electrons. The second kappa shape index (κ2) is 11.6. The van der Waals surface area contributed by atoms with Crippen molar-refractivity contribution in [2.24, 2.45) is 0 Å². The van der Waals surface area contributed by atoms with E-state index in [-0.39, 0.29) is 6.42 Å². The zero-order valence-electron chi connectivity index (χ0n) is 21.1. The van der Waals surface area contributed by atoms with Gasteiger partial charge in [-0.3, -0.25) is 14.8 Å². The van der Waals surface area contributed by atoms with Crippen LogP contribution in [0.5, 0.6) is 5.75 Å². The molecule has 5 rings (SSSR count). The maximum absolute atomic E-state index is 12.2. The first-order chi connectivity index (χ1) is 18.6. The zero-order chi connectivity index (χ0) is 26.5. The minimum Gasteiger partial charge on any atom is -0.495 e. The number of rotatable bonds is 8. The van der Waals surface area contributed by atoms with Crippen LogP contribution in [-0.2, 0) is 16.0 Å². The average Bonchev–Trinajstić information content (AvgIpc) is 2.96. The van der Waals surface area contributed by atoms with Gasteiger partial charge in [0.2, 0.25) is 5.95 Å². The van der Waals surface area contributed by atoms with Crippen LogP contribution in [0.3, 0.4) is 0 Å². The number of halogens is 1. The number of carbonyl (C=O) groups is 1. The Bertz CT molecular complexity index is 1460. The lowest BCUT2D eigenvalue weighted by Crippen LogP contribution is -2.26. The van der Waals surface area contributed by atoms with E-state index in [1.807, 2.05) is 18.2 Å². The van der Waals surface area contributed by atoms with Crippen LogP contribution in [0.1, 0.15) is 29.9 Å². The molecule has 38 heavy (non-hydrogen) atoms. The Balaban J connectivity index is 1.43. The van der Waals surface area contributed by atoms with E-state index < -0.39 is 5.97 Å². The Labute approximate surface area is 225 Å². The number of methoxy groups -OCH3 is 2. The van der Waals surface area contributed by atoms with Gasteiger partial charge in [0.05, 0.1) is 43.6 Å². The first-order valence-electron chi connectivity index (χ1n) is 12.3. The second-order valence-corrected chi connectivity index (χ2v) is 9.30. The van der Waals surface area contributed by atoms with Gasteiger partial charge in [0.25, 0.3) is 0 Å². The molecule has 1 saturated heterocycles. The number of nitrogens with one attached hydrogen (secondary N) is 3. The lowest BCUT2D eigenvalue weighted by Gasteiger charge is -2.24. The van der Waals surface area contributed by atoms with Crippen LogP contribution in [0.15, 0.2) is 48.9 Å². The number of benzene rings is 2. The summed E-state index contributed by atoms with van der Waals surface area (Å²) in [6, 6.07) is 9.79. The van der Waals surface area contributed by atoms with E-state index in [9.17, 15) is 4.79 Å². The predicted octanol–water partition coefficient (Wildman–Crippen LogP) is 4.75. The molecule has 0 saturated carbocycles. The van der Waals surface area contributed by atoms with Crippen molar-refractivity contribution in [3.8, 4) is 5.75 Å². The molecule has 0 bridgehead atoms. The van der Waals surface area contributed by atoms with E-state index in [2.05, 4.69) is 48.0 Å². The molecular weight excluding hydrogens is 506 g/mol. The highest BCUT2D eigenvalue weighted by Crippen LogP contribution is 2.35. The summed E-state index contributed by atoms with van der Waals surface area (Å²) in [5.74, 6) is 1.52. The fourth-order valence-electron chi connectivity index (χ4n) is 4.59. The number of piperidine rings is 1. The van der Waals surface area contributed by atoms with Crippen LogP contribution in [0, 0.1) is 0 Å². The Morgan fingerprint density at radius 2 is 1.84 bits per heavy atom. The SMILES string of the molecule is COC(=O)Cc1c(Nc2nc(Nc3ccc(C4CCNCC4)cc3OC)ncc2Cl)ccc2nccnc12. The number of anilines is 4. The highest BCUT2D eigenvalue weighted by Gasteiger charge is 2.19. The molecule has 2 aromatic heterocycles. The maximum atomic E-state index is 12.2. The third-order valence-corrected chi connectivity index (χ3v) is 6.85. The van der Waals surface area contributed by atoms with Crippen LogP contribution in [0.4, 0.5) is 23.1 Å². The smallest absolute Gasteiger partial charge is 0.310 e. The molecule has 3 heterocycles. The molecule has 1 fully saturated rings. The van der Waals surface area contributed by atoms with E-state index in [1.54, 1.807) is 19.5 Å². The molecule has 0 amide bonds. The first-order valence-corrected chi connectivity index (χ1v) is 12.7. The quantitative estimate of drug-likeness (QED) is 0.273. The summed E-state index contributed by atoms with van der Waals surface area (Å²) in [7, 11) is 2.99. The maximum Gasteiger partial charge on any atom is 0.310 e. The third kappa shape index (κ3) is 5.61. The lowest BCUT2D eigenvalue weighted by molar-refractivity contribution is -0.139. The summed E-state index contributed by atoms with van der Waals surface area (Å²) in [6.45, 7) is 2.04. The van der Waals surface area contributed by atoms with Crippen molar-refractivity contribution >= 4 is 51.7 Å². The molecule has 4 aromatic rings. The summed E-state index contributed by atoms with van der Waals surface area (Å²) in [4.78, 5) is 29.9. The van der Waals surface area contributed by atoms with Gasteiger partial charge in [-0.2, -0.15) is 4.98 Å².